The highest BCUT2D eigenvalue weighted by Crippen LogP contribution is 2.31. The van der Waals surface area contributed by atoms with E-state index in [1.165, 1.54) is 12.8 Å². The summed E-state index contributed by atoms with van der Waals surface area (Å²) < 4.78 is 0. The van der Waals surface area contributed by atoms with E-state index >= 15 is 0 Å². The molecule has 0 aromatic carbocycles. The average Bonchev–Trinajstić information content (AvgIpc) is 3.48. The highest BCUT2D eigenvalue weighted by molar-refractivity contribution is 6.32. The van der Waals surface area contributed by atoms with Gasteiger partial charge in [0.1, 0.15) is 11.4 Å². The van der Waals surface area contributed by atoms with Crippen LogP contribution >= 0.6 is 0 Å². The van der Waals surface area contributed by atoms with Crippen molar-refractivity contribution in [1.29, 1.82) is 0 Å². The molecule has 4 heterocycles. The van der Waals surface area contributed by atoms with Crippen molar-refractivity contribution in [2.24, 2.45) is 5.10 Å². The van der Waals surface area contributed by atoms with Crippen molar-refractivity contribution in [3.8, 4) is 11.3 Å². The maximum atomic E-state index is 12.6. The minimum atomic E-state index is -0.282. The zero-order valence-electron chi connectivity index (χ0n) is 17.1. The van der Waals surface area contributed by atoms with E-state index in [2.05, 4.69) is 40.8 Å². The van der Waals surface area contributed by atoms with E-state index in [1.54, 1.807) is 37.2 Å². The molecule has 1 aliphatic carbocycles. The number of amides is 1. The Morgan fingerprint density at radius 1 is 1.10 bits per heavy atom. The molecule has 1 fully saturated rings. The van der Waals surface area contributed by atoms with Crippen LogP contribution in [0.3, 0.4) is 0 Å². The number of nitrogens with one attached hydrogen (secondary N) is 3. The Labute approximate surface area is 179 Å². The monoisotopic (exact) mass is 414 g/mol. The summed E-state index contributed by atoms with van der Waals surface area (Å²) >= 11 is 0. The molecule has 0 spiro atoms. The molecule has 5 rings (SSSR count). The molecular weight excluding hydrogens is 392 g/mol. The molecule has 1 saturated carbocycles. The van der Waals surface area contributed by atoms with Gasteiger partial charge in [-0.1, -0.05) is 0 Å². The van der Waals surface area contributed by atoms with Gasteiger partial charge in [0.15, 0.2) is 0 Å². The third-order valence-corrected chi connectivity index (χ3v) is 5.41. The number of hydrogen-bond acceptors (Lipinski definition) is 7. The first-order valence-electron chi connectivity index (χ1n) is 10.3. The summed E-state index contributed by atoms with van der Waals surface area (Å²) in [6, 6.07) is 0.647. The molecule has 3 aromatic heterocycles. The van der Waals surface area contributed by atoms with E-state index in [0.29, 0.717) is 23.0 Å². The quantitative estimate of drug-likeness (QED) is 0.507. The molecule has 2 aliphatic rings. The fraction of sp³-hybridized carbons (Fsp3) is 0.273. The molecule has 3 aromatic rings. The lowest BCUT2D eigenvalue weighted by molar-refractivity contribution is -0.116. The van der Waals surface area contributed by atoms with Crippen molar-refractivity contribution in [2.75, 3.05) is 6.54 Å². The topological polar surface area (TPSA) is 121 Å². The first kappa shape index (κ1) is 19.3. The third kappa shape index (κ3) is 3.99. The van der Waals surface area contributed by atoms with Crippen LogP contribution in [0.2, 0.25) is 0 Å². The number of carbonyl (C=O) groups is 1. The number of nitrogens with zero attached hydrogens (tertiary/aromatic N) is 5. The molecule has 0 atom stereocenters. The smallest absolute Gasteiger partial charge is 0.273 e. The molecule has 0 saturated heterocycles. The van der Waals surface area contributed by atoms with Gasteiger partial charge in [-0.3, -0.25) is 24.7 Å². The Morgan fingerprint density at radius 2 is 1.84 bits per heavy atom. The summed E-state index contributed by atoms with van der Waals surface area (Å²) in [7, 11) is 0. The van der Waals surface area contributed by atoms with Gasteiger partial charge in [-0.05, 0) is 44.4 Å². The molecule has 1 aliphatic heterocycles. The first-order valence-corrected chi connectivity index (χ1v) is 10.3. The second-order valence-electron chi connectivity index (χ2n) is 7.64. The zero-order chi connectivity index (χ0) is 21.2. The standard InChI is InChI=1S/C22H22N8O/c1-13-15(4-5-25-14-2-3-14)20(18-11-23-6-8-26-18)17(28-13)10-16-21(29-30-22(16)31)19-12-24-7-9-27-19/h6-12,14,25,28H,2-5H2,1H3,(H,30,31). The van der Waals surface area contributed by atoms with E-state index in [1.807, 2.05) is 13.0 Å². The fourth-order valence-electron chi connectivity index (χ4n) is 3.75. The number of rotatable bonds is 7. The number of hydrogen-bond donors (Lipinski definition) is 3. The van der Waals surface area contributed by atoms with E-state index in [9.17, 15) is 4.79 Å². The Bertz CT molecular complexity index is 1160. The predicted molar refractivity (Wildman–Crippen MR) is 116 cm³/mol. The molecule has 0 unspecified atom stereocenters. The van der Waals surface area contributed by atoms with E-state index in [4.69, 9.17) is 0 Å². The van der Waals surface area contributed by atoms with Gasteiger partial charge < -0.3 is 10.3 Å². The lowest BCUT2D eigenvalue weighted by Crippen LogP contribution is -2.19. The van der Waals surface area contributed by atoms with Crippen molar-refractivity contribution in [3.05, 3.63) is 65.4 Å². The summed E-state index contributed by atoms with van der Waals surface area (Å²) in [5.74, 6) is -0.282. The van der Waals surface area contributed by atoms with Crippen LogP contribution in [-0.2, 0) is 11.2 Å². The summed E-state index contributed by atoms with van der Waals surface area (Å²) in [5.41, 5.74) is 8.67. The minimum Gasteiger partial charge on any atom is -0.358 e. The maximum Gasteiger partial charge on any atom is 0.273 e. The molecule has 0 bridgehead atoms. The summed E-state index contributed by atoms with van der Waals surface area (Å²) in [5, 5.41) is 7.73. The van der Waals surface area contributed by atoms with Crippen LogP contribution in [0, 0.1) is 6.92 Å². The number of H-pyrrole nitrogens is 1. The molecule has 1 amide bonds. The van der Waals surface area contributed by atoms with Crippen molar-refractivity contribution in [1.82, 2.24) is 35.7 Å². The minimum absolute atomic E-state index is 0.282. The van der Waals surface area contributed by atoms with Gasteiger partial charge >= 0.3 is 0 Å². The highest BCUT2D eigenvalue weighted by Gasteiger charge is 2.27. The Morgan fingerprint density at radius 3 is 2.52 bits per heavy atom. The average molecular weight is 414 g/mol. The van der Waals surface area contributed by atoms with Crippen LogP contribution in [0.25, 0.3) is 17.3 Å². The molecular formula is C22H22N8O. The van der Waals surface area contributed by atoms with Crippen molar-refractivity contribution >= 4 is 17.7 Å². The summed E-state index contributed by atoms with van der Waals surface area (Å²) in [4.78, 5) is 33.2. The van der Waals surface area contributed by atoms with Gasteiger partial charge in [-0.15, -0.1) is 0 Å². The van der Waals surface area contributed by atoms with Crippen molar-refractivity contribution in [3.63, 3.8) is 0 Å². The van der Waals surface area contributed by atoms with E-state index < -0.39 is 0 Å². The number of hydrazone groups is 1. The first-order chi connectivity index (χ1) is 15.2. The number of aryl methyl sites for hydroxylation is 1. The van der Waals surface area contributed by atoms with Crippen LogP contribution in [0.4, 0.5) is 0 Å². The Kier molecular flexibility index (Phi) is 5.09. The van der Waals surface area contributed by atoms with Gasteiger partial charge in [0.2, 0.25) is 0 Å². The third-order valence-electron chi connectivity index (χ3n) is 5.41. The zero-order valence-corrected chi connectivity index (χ0v) is 17.1. The van der Waals surface area contributed by atoms with Crippen LogP contribution in [0.1, 0.15) is 35.5 Å². The second kappa shape index (κ2) is 8.19. The predicted octanol–water partition coefficient (Wildman–Crippen LogP) is 1.78. The number of aromatic nitrogens is 5. The molecule has 31 heavy (non-hydrogen) atoms. The lowest BCUT2D eigenvalue weighted by atomic mass is 10.00. The normalized spacial score (nSPS) is 17.1. The summed E-state index contributed by atoms with van der Waals surface area (Å²) in [6.45, 7) is 2.93. The highest BCUT2D eigenvalue weighted by atomic mass is 16.2. The Balaban J connectivity index is 1.56. The molecule has 3 N–H and O–H groups in total. The molecule has 9 nitrogen and oxygen atoms in total. The number of carbonyl (C=O) groups excluding carboxylic acids is 1. The summed E-state index contributed by atoms with van der Waals surface area (Å²) in [6.07, 6.45) is 15.0. The van der Waals surface area contributed by atoms with Gasteiger partial charge in [0.25, 0.3) is 5.91 Å². The molecule has 9 heteroatoms. The van der Waals surface area contributed by atoms with Gasteiger partial charge in [0.05, 0.1) is 23.7 Å². The van der Waals surface area contributed by atoms with Crippen LogP contribution in [0.15, 0.2) is 47.9 Å². The van der Waals surface area contributed by atoms with Crippen LogP contribution in [0.5, 0.6) is 0 Å². The van der Waals surface area contributed by atoms with Gasteiger partial charge in [-0.25, -0.2) is 5.43 Å². The van der Waals surface area contributed by atoms with Gasteiger partial charge in [-0.2, -0.15) is 5.10 Å². The van der Waals surface area contributed by atoms with Crippen LogP contribution in [-0.4, -0.2) is 49.1 Å². The maximum absolute atomic E-state index is 12.6. The van der Waals surface area contributed by atoms with E-state index in [0.717, 1.165) is 41.2 Å². The second-order valence-corrected chi connectivity index (χ2v) is 7.64. The largest absolute Gasteiger partial charge is 0.358 e. The number of aromatic amines is 1. The lowest BCUT2D eigenvalue weighted by Gasteiger charge is -2.08. The van der Waals surface area contributed by atoms with Crippen molar-refractivity contribution in [2.45, 2.75) is 32.2 Å². The van der Waals surface area contributed by atoms with Crippen molar-refractivity contribution < 1.29 is 4.79 Å². The SMILES string of the molecule is Cc1[nH]c(C=C2C(=O)NN=C2c2cnccn2)c(-c2cnccn2)c1CCNC1CC1. The van der Waals surface area contributed by atoms with E-state index in [-0.39, 0.29) is 5.91 Å². The van der Waals surface area contributed by atoms with Gasteiger partial charge in [0, 0.05) is 47.8 Å². The fourth-order valence-corrected chi connectivity index (χ4v) is 3.75. The Hall–Kier alpha value is -3.72. The van der Waals surface area contributed by atoms with Crippen LogP contribution < -0.4 is 10.7 Å². The molecule has 0 radical (unpaired) electrons. The molecule has 156 valence electrons.